The number of anilines is 2. The number of nitrogens with one attached hydrogen (secondary N) is 1. The summed E-state index contributed by atoms with van der Waals surface area (Å²) in [6.45, 7) is 6.83. The van der Waals surface area contributed by atoms with Gasteiger partial charge in [-0.25, -0.2) is 9.97 Å². The van der Waals surface area contributed by atoms with E-state index >= 15 is 0 Å². The molecule has 322 valence electrons. The van der Waals surface area contributed by atoms with Crippen LogP contribution in [0.2, 0.25) is 0 Å². The van der Waals surface area contributed by atoms with Gasteiger partial charge in [0, 0.05) is 79.8 Å². The van der Waals surface area contributed by atoms with Crippen LogP contribution in [0.1, 0.15) is 65.2 Å². The molecular formula is C51H62N4O6. The van der Waals surface area contributed by atoms with Crippen LogP contribution >= 0.6 is 0 Å². The van der Waals surface area contributed by atoms with Crippen LogP contribution in [0.25, 0.3) is 44.3 Å². The molecule has 2 aromatic heterocycles. The minimum Gasteiger partial charge on any atom is -0.491 e. The fourth-order valence-electron chi connectivity index (χ4n) is 7.38. The molecule has 4 heterocycles. The normalized spacial score (nSPS) is 17.5. The molecule has 1 N–H and O–H groups in total. The van der Waals surface area contributed by atoms with E-state index in [1.54, 1.807) is 0 Å². The summed E-state index contributed by atoms with van der Waals surface area (Å²) in [5, 5.41) is 5.33. The van der Waals surface area contributed by atoms with E-state index in [9.17, 15) is 0 Å². The first-order chi connectivity index (χ1) is 29.9. The minimum absolute atomic E-state index is 0.0216. The fourth-order valence-corrected chi connectivity index (χ4v) is 7.38. The summed E-state index contributed by atoms with van der Waals surface area (Å²) >= 11 is 0. The number of rotatable bonds is 16. The molecule has 8 rings (SSSR count). The predicted octanol–water partition coefficient (Wildman–Crippen LogP) is 11.3. The van der Waals surface area contributed by atoms with Gasteiger partial charge in [-0.1, -0.05) is 50.2 Å². The van der Waals surface area contributed by atoms with Crippen LogP contribution in [0.3, 0.4) is 0 Å². The van der Waals surface area contributed by atoms with Gasteiger partial charge in [-0.15, -0.1) is 0 Å². The van der Waals surface area contributed by atoms with Gasteiger partial charge in [0.2, 0.25) is 0 Å². The van der Waals surface area contributed by atoms with E-state index in [1.165, 1.54) is 12.1 Å². The van der Waals surface area contributed by atoms with Crippen molar-refractivity contribution in [1.82, 2.24) is 9.97 Å². The lowest BCUT2D eigenvalue weighted by Gasteiger charge is -2.27. The molecule has 2 saturated heterocycles. The molecule has 0 bridgehead atoms. The number of aromatic nitrogens is 2. The van der Waals surface area contributed by atoms with E-state index in [0.717, 1.165) is 120 Å². The first kappa shape index (κ1) is 43.8. The SMILES string of the molecule is CCC(COc1ccc2ccc(-c3ccc(N(C)C)cc3)nc2c1)OC1CCCCO1.CCC(COc1ccc2ccc(-c3ccc(NC)cc3)nc2c1)OC1CCCCO1. The van der Waals surface area contributed by atoms with Gasteiger partial charge >= 0.3 is 0 Å². The van der Waals surface area contributed by atoms with Crippen LogP contribution in [0, 0.1) is 0 Å². The van der Waals surface area contributed by atoms with E-state index in [2.05, 4.69) is 109 Å². The first-order valence-corrected chi connectivity index (χ1v) is 22.0. The van der Waals surface area contributed by atoms with E-state index in [0.29, 0.717) is 13.2 Å². The van der Waals surface area contributed by atoms with Crippen molar-refractivity contribution >= 4 is 33.2 Å². The third-order valence-electron chi connectivity index (χ3n) is 11.2. The van der Waals surface area contributed by atoms with Gasteiger partial charge in [0.1, 0.15) is 24.7 Å². The summed E-state index contributed by atoms with van der Waals surface area (Å²) in [7, 11) is 6.00. The van der Waals surface area contributed by atoms with Crippen molar-refractivity contribution in [3.63, 3.8) is 0 Å². The molecule has 2 aliphatic rings. The lowest BCUT2D eigenvalue weighted by molar-refractivity contribution is -0.193. The van der Waals surface area contributed by atoms with Crippen LogP contribution in [0.15, 0.2) is 109 Å². The molecule has 0 amide bonds. The van der Waals surface area contributed by atoms with E-state index in [4.69, 9.17) is 38.4 Å². The number of fused-ring (bicyclic) bond motifs is 2. The molecule has 4 unspecified atom stereocenters. The Kier molecular flexibility index (Phi) is 15.8. The molecule has 0 radical (unpaired) electrons. The van der Waals surface area contributed by atoms with Crippen LogP contribution < -0.4 is 19.7 Å². The molecule has 6 aromatic rings. The lowest BCUT2D eigenvalue weighted by atomic mass is 10.1. The summed E-state index contributed by atoms with van der Waals surface area (Å²) in [6, 6.07) is 37.2. The monoisotopic (exact) mass is 826 g/mol. The number of pyridine rings is 2. The highest BCUT2D eigenvalue weighted by Crippen LogP contribution is 2.28. The molecule has 0 saturated carbocycles. The van der Waals surface area contributed by atoms with E-state index in [-0.39, 0.29) is 24.8 Å². The molecule has 2 aliphatic heterocycles. The highest BCUT2D eigenvalue weighted by atomic mass is 16.7. The summed E-state index contributed by atoms with van der Waals surface area (Å²) in [5.74, 6) is 1.62. The van der Waals surface area contributed by atoms with Gasteiger partial charge in [-0.2, -0.15) is 0 Å². The third-order valence-corrected chi connectivity index (χ3v) is 11.2. The number of benzene rings is 4. The summed E-state index contributed by atoms with van der Waals surface area (Å²) in [5.41, 5.74) is 8.21. The Balaban J connectivity index is 0.000000184. The second-order valence-electron chi connectivity index (χ2n) is 15.9. The Bertz CT molecular complexity index is 2260. The number of hydrogen-bond acceptors (Lipinski definition) is 10. The standard InChI is InChI=1S/C26H32N2O3.C25H30N2O3/c1-4-22(31-26-7-5-6-16-29-26)18-30-23-14-10-20-11-15-24(27-25(20)17-23)19-8-12-21(13-9-19)28(2)3;1-3-21(30-25-6-4-5-15-28-25)17-29-22-13-9-19-10-14-23(27-24(19)16-22)18-7-11-20(26-2)12-8-18/h8-15,17,22,26H,4-7,16,18H2,1-3H3;7-14,16,21,25-26H,3-6,15,17H2,1-2H3. The highest BCUT2D eigenvalue weighted by Gasteiger charge is 2.21. The van der Waals surface area contributed by atoms with E-state index < -0.39 is 0 Å². The Morgan fingerprint density at radius 3 is 1.48 bits per heavy atom. The summed E-state index contributed by atoms with van der Waals surface area (Å²) in [6.07, 6.45) is 8.14. The van der Waals surface area contributed by atoms with Gasteiger partial charge in [0.25, 0.3) is 0 Å². The highest BCUT2D eigenvalue weighted by molar-refractivity contribution is 5.84. The zero-order valence-corrected chi connectivity index (χ0v) is 36.5. The van der Waals surface area contributed by atoms with Crippen LogP contribution in [-0.2, 0) is 18.9 Å². The second kappa shape index (κ2) is 22.0. The maximum Gasteiger partial charge on any atom is 0.158 e. The molecule has 0 spiro atoms. The van der Waals surface area contributed by atoms with Crippen LogP contribution in [-0.4, -0.2) is 82.3 Å². The van der Waals surface area contributed by atoms with Gasteiger partial charge < -0.3 is 38.6 Å². The largest absolute Gasteiger partial charge is 0.491 e. The molecule has 10 heteroatoms. The van der Waals surface area contributed by atoms with Crippen molar-refractivity contribution in [3.05, 3.63) is 109 Å². The number of ether oxygens (including phenoxy) is 6. The van der Waals surface area contributed by atoms with Crippen molar-refractivity contribution in [2.45, 2.75) is 90.0 Å². The average molecular weight is 827 g/mol. The smallest absolute Gasteiger partial charge is 0.158 e. The topological polar surface area (TPSA) is 96.4 Å². The van der Waals surface area contributed by atoms with Crippen LogP contribution in [0.5, 0.6) is 11.5 Å². The second-order valence-corrected chi connectivity index (χ2v) is 15.9. The fraction of sp³-hybridized carbons (Fsp3) is 0.412. The molecule has 0 aliphatic carbocycles. The van der Waals surface area contributed by atoms with Crippen LogP contribution in [0.4, 0.5) is 11.4 Å². The van der Waals surface area contributed by atoms with Gasteiger partial charge in [0.05, 0.1) is 34.6 Å². The number of hydrogen-bond donors (Lipinski definition) is 1. The van der Waals surface area contributed by atoms with Crippen molar-refractivity contribution < 1.29 is 28.4 Å². The zero-order valence-electron chi connectivity index (χ0n) is 36.5. The van der Waals surface area contributed by atoms with Crippen molar-refractivity contribution in [2.75, 3.05) is 57.8 Å². The average Bonchev–Trinajstić information content (AvgIpc) is 3.32. The number of nitrogens with zero attached hydrogens (tertiary/aromatic N) is 3. The van der Waals surface area contributed by atoms with Gasteiger partial charge in [0.15, 0.2) is 12.6 Å². The van der Waals surface area contributed by atoms with Gasteiger partial charge in [-0.3, -0.25) is 0 Å². The molecule has 2 fully saturated rings. The van der Waals surface area contributed by atoms with Crippen molar-refractivity contribution in [1.29, 1.82) is 0 Å². The Hall–Kier alpha value is -5.26. The predicted molar refractivity (Wildman–Crippen MR) is 247 cm³/mol. The van der Waals surface area contributed by atoms with E-state index in [1.807, 2.05) is 45.4 Å². The molecule has 4 aromatic carbocycles. The quantitative estimate of drug-likeness (QED) is 0.102. The van der Waals surface area contributed by atoms with Crippen molar-refractivity contribution in [2.24, 2.45) is 0 Å². The minimum atomic E-state index is -0.0954. The Morgan fingerprint density at radius 2 is 1.07 bits per heavy atom. The summed E-state index contributed by atoms with van der Waals surface area (Å²) < 4.78 is 35.7. The summed E-state index contributed by atoms with van der Waals surface area (Å²) in [4.78, 5) is 11.8. The Morgan fingerprint density at radius 1 is 0.607 bits per heavy atom. The van der Waals surface area contributed by atoms with Gasteiger partial charge in [-0.05, 0) is 112 Å². The molecular weight excluding hydrogens is 765 g/mol. The van der Waals surface area contributed by atoms with Crippen molar-refractivity contribution in [3.8, 4) is 34.0 Å². The molecule has 61 heavy (non-hydrogen) atoms. The third kappa shape index (κ3) is 12.4. The maximum atomic E-state index is 6.09. The molecule has 4 atom stereocenters. The lowest BCUT2D eigenvalue weighted by Crippen LogP contribution is -2.31. The zero-order chi connectivity index (χ0) is 42.4. The first-order valence-electron chi connectivity index (χ1n) is 22.0. The maximum absolute atomic E-state index is 6.09. The molecule has 10 nitrogen and oxygen atoms in total. The Labute approximate surface area is 361 Å².